The van der Waals surface area contributed by atoms with Gasteiger partial charge in [-0.3, -0.25) is 4.57 Å². The maximum Gasteiger partial charge on any atom is 0.395 e. The van der Waals surface area contributed by atoms with Crippen molar-refractivity contribution in [3.63, 3.8) is 0 Å². The van der Waals surface area contributed by atoms with Crippen molar-refractivity contribution in [1.29, 1.82) is 0 Å². The fraction of sp³-hybridized carbons (Fsp3) is 0.625. The fourth-order valence-electron chi connectivity index (χ4n) is 1.77. The molecule has 4 atom stereocenters. The summed E-state index contributed by atoms with van der Waals surface area (Å²) < 4.78 is 6.33. The molecule has 1 fully saturated rings. The molecular formula is C8H11N3O6S. The minimum atomic E-state index is -1.33. The van der Waals surface area contributed by atoms with Gasteiger partial charge in [0.05, 0.1) is 6.61 Å². The maximum atomic E-state index is 10.6. The Kier molecular flexibility index (Phi) is 3.54. The van der Waals surface area contributed by atoms with Crippen LogP contribution in [0.5, 0.6) is 0 Å². The number of aromatic nitrogens is 2. The number of rotatable bonds is 3. The minimum absolute atomic E-state index is 0.102. The van der Waals surface area contributed by atoms with Crippen LogP contribution < -0.4 is 0 Å². The first-order valence-corrected chi connectivity index (χ1v) is 5.44. The molecule has 0 aliphatic carbocycles. The molecule has 100 valence electrons. The third-order valence-electron chi connectivity index (χ3n) is 2.71. The van der Waals surface area contributed by atoms with Gasteiger partial charge in [-0.2, -0.15) is 0 Å². The van der Waals surface area contributed by atoms with Crippen molar-refractivity contribution in [2.75, 3.05) is 6.61 Å². The lowest BCUT2D eigenvalue weighted by Gasteiger charge is -2.15. The van der Waals surface area contributed by atoms with E-state index in [9.17, 15) is 20.3 Å². The summed E-state index contributed by atoms with van der Waals surface area (Å²) in [7, 11) is 0. The molecule has 1 saturated heterocycles. The van der Waals surface area contributed by atoms with E-state index in [1.165, 1.54) is 0 Å². The highest BCUT2D eigenvalue weighted by molar-refractivity contribution is 7.80. The van der Waals surface area contributed by atoms with Crippen molar-refractivity contribution >= 4 is 18.4 Å². The second-order valence-electron chi connectivity index (χ2n) is 3.79. The third-order valence-corrected chi connectivity index (χ3v) is 3.14. The van der Waals surface area contributed by atoms with Crippen molar-refractivity contribution in [2.45, 2.75) is 29.6 Å². The zero-order valence-corrected chi connectivity index (χ0v) is 9.84. The lowest BCUT2D eigenvalue weighted by Crippen LogP contribution is -2.33. The predicted octanol–water partition coefficient (Wildman–Crippen LogP) is -1.31. The zero-order chi connectivity index (χ0) is 13.4. The molecule has 1 aromatic heterocycles. The summed E-state index contributed by atoms with van der Waals surface area (Å²) in [6.07, 6.45) is -3.57. The number of nitrogens with zero attached hydrogens (tertiary/aromatic N) is 3. The second kappa shape index (κ2) is 4.82. The van der Waals surface area contributed by atoms with Gasteiger partial charge in [0.15, 0.2) is 11.3 Å². The van der Waals surface area contributed by atoms with Gasteiger partial charge in [-0.1, -0.05) is 0 Å². The summed E-state index contributed by atoms with van der Waals surface area (Å²) in [4.78, 5) is 13.4. The van der Waals surface area contributed by atoms with Gasteiger partial charge in [0.2, 0.25) is 6.33 Å². The maximum absolute atomic E-state index is 10.6. The number of thiol groups is 1. The summed E-state index contributed by atoms with van der Waals surface area (Å²) in [6.45, 7) is -0.479. The highest BCUT2D eigenvalue weighted by Crippen LogP contribution is 2.33. The lowest BCUT2D eigenvalue weighted by molar-refractivity contribution is -0.392. The Labute approximate surface area is 106 Å². The van der Waals surface area contributed by atoms with E-state index in [0.717, 1.165) is 10.9 Å². The Balaban J connectivity index is 2.30. The van der Waals surface area contributed by atoms with Gasteiger partial charge >= 0.3 is 5.82 Å². The van der Waals surface area contributed by atoms with E-state index in [0.29, 0.717) is 0 Å². The largest absolute Gasteiger partial charge is 0.395 e. The highest BCUT2D eigenvalue weighted by atomic mass is 32.1. The first-order valence-electron chi connectivity index (χ1n) is 5.00. The molecular weight excluding hydrogens is 266 g/mol. The minimum Gasteiger partial charge on any atom is -0.394 e. The molecule has 0 aromatic carbocycles. The lowest BCUT2D eigenvalue weighted by atomic mass is 10.1. The van der Waals surface area contributed by atoms with Crippen molar-refractivity contribution in [3.8, 4) is 0 Å². The SMILES string of the molecule is O=[N+]([O-])c1ncn([C@@H]2O[C@@H](CO)[C@@H](O)[C@H]2O)c1S. The van der Waals surface area contributed by atoms with Crippen LogP contribution in [0.25, 0.3) is 0 Å². The monoisotopic (exact) mass is 277 g/mol. The molecule has 0 unspecified atom stereocenters. The van der Waals surface area contributed by atoms with E-state index in [-0.39, 0.29) is 5.03 Å². The van der Waals surface area contributed by atoms with Crippen LogP contribution in [0.15, 0.2) is 11.4 Å². The molecule has 1 aliphatic rings. The topological polar surface area (TPSA) is 131 Å². The number of aliphatic hydroxyl groups is 3. The molecule has 0 amide bonds. The standard InChI is InChI=1S/C8H11N3O6S/c12-1-3-4(13)5(14)7(17-3)10-2-9-6(8(10)18)11(15)16/h2-5,7,12-14,18H,1H2/t3-,4+,5+,7+/m0/s1. The van der Waals surface area contributed by atoms with Crippen LogP contribution >= 0.6 is 12.6 Å². The summed E-state index contributed by atoms with van der Waals surface area (Å²) >= 11 is 3.93. The molecule has 3 N–H and O–H groups in total. The number of hydrogen-bond acceptors (Lipinski definition) is 8. The van der Waals surface area contributed by atoms with E-state index in [1.807, 2.05) is 0 Å². The van der Waals surface area contributed by atoms with Gasteiger partial charge in [0, 0.05) is 0 Å². The van der Waals surface area contributed by atoms with Crippen LogP contribution in [0.1, 0.15) is 6.23 Å². The summed E-state index contributed by atoms with van der Waals surface area (Å²) in [6, 6.07) is 0. The molecule has 10 heteroatoms. The average Bonchev–Trinajstić information content (AvgIpc) is 2.82. The number of aliphatic hydroxyl groups excluding tert-OH is 3. The van der Waals surface area contributed by atoms with E-state index in [4.69, 9.17) is 9.84 Å². The second-order valence-corrected chi connectivity index (χ2v) is 4.21. The first kappa shape index (κ1) is 13.2. The van der Waals surface area contributed by atoms with Crippen molar-refractivity contribution in [3.05, 3.63) is 16.4 Å². The number of ether oxygens (including phenoxy) is 1. The Morgan fingerprint density at radius 1 is 1.56 bits per heavy atom. The average molecular weight is 277 g/mol. The van der Waals surface area contributed by atoms with Gasteiger partial charge in [-0.05, 0) is 9.91 Å². The molecule has 0 spiro atoms. The quantitative estimate of drug-likeness (QED) is 0.306. The van der Waals surface area contributed by atoms with Crippen molar-refractivity contribution < 1.29 is 25.0 Å². The summed E-state index contributed by atoms with van der Waals surface area (Å²) in [5.41, 5.74) is 0. The first-order chi connectivity index (χ1) is 8.47. The Morgan fingerprint density at radius 2 is 2.22 bits per heavy atom. The number of hydrogen-bond donors (Lipinski definition) is 4. The summed E-state index contributed by atoms with van der Waals surface area (Å²) in [5.74, 6) is -0.476. The van der Waals surface area contributed by atoms with E-state index in [1.54, 1.807) is 0 Å². The molecule has 18 heavy (non-hydrogen) atoms. The van der Waals surface area contributed by atoms with Gasteiger partial charge < -0.3 is 30.2 Å². The summed E-state index contributed by atoms with van der Waals surface area (Å²) in [5, 5.41) is 38.8. The Bertz CT molecular complexity index is 466. The highest BCUT2D eigenvalue weighted by Gasteiger charge is 2.44. The smallest absolute Gasteiger partial charge is 0.394 e. The number of imidazole rings is 1. The predicted molar refractivity (Wildman–Crippen MR) is 59.1 cm³/mol. The molecule has 0 saturated carbocycles. The molecule has 9 nitrogen and oxygen atoms in total. The zero-order valence-electron chi connectivity index (χ0n) is 8.95. The van der Waals surface area contributed by atoms with Crippen LogP contribution in [0, 0.1) is 10.1 Å². The van der Waals surface area contributed by atoms with Crippen LogP contribution in [0.3, 0.4) is 0 Å². The molecule has 2 heterocycles. The van der Waals surface area contributed by atoms with E-state index >= 15 is 0 Å². The van der Waals surface area contributed by atoms with Crippen molar-refractivity contribution in [2.24, 2.45) is 0 Å². The third kappa shape index (κ3) is 1.97. The van der Waals surface area contributed by atoms with Gasteiger partial charge in [-0.25, -0.2) is 0 Å². The Morgan fingerprint density at radius 3 is 2.67 bits per heavy atom. The molecule has 0 bridgehead atoms. The van der Waals surface area contributed by atoms with E-state index in [2.05, 4.69) is 17.6 Å². The molecule has 1 aliphatic heterocycles. The van der Waals surface area contributed by atoms with E-state index < -0.39 is 41.9 Å². The van der Waals surface area contributed by atoms with Crippen LogP contribution in [-0.4, -0.2) is 54.7 Å². The van der Waals surface area contributed by atoms with Gasteiger partial charge in [-0.15, -0.1) is 12.6 Å². The molecule has 2 rings (SSSR count). The van der Waals surface area contributed by atoms with Gasteiger partial charge in [0.1, 0.15) is 18.3 Å². The van der Waals surface area contributed by atoms with Crippen LogP contribution in [-0.2, 0) is 4.74 Å². The molecule has 1 aromatic rings. The fourth-order valence-corrected chi connectivity index (χ4v) is 2.07. The van der Waals surface area contributed by atoms with Crippen molar-refractivity contribution in [1.82, 2.24) is 9.55 Å². The van der Waals surface area contributed by atoms with Gasteiger partial charge in [0.25, 0.3) is 0 Å². The van der Waals surface area contributed by atoms with Crippen LogP contribution in [0.2, 0.25) is 0 Å². The van der Waals surface area contributed by atoms with Crippen LogP contribution in [0.4, 0.5) is 5.82 Å². The number of nitro groups is 1. The molecule has 0 radical (unpaired) electrons. The normalized spacial score (nSPS) is 31.8. The Hall–Kier alpha value is -1.20.